The van der Waals surface area contributed by atoms with Crippen LogP contribution in [-0.2, 0) is 19.7 Å². The predicted molar refractivity (Wildman–Crippen MR) is 94.7 cm³/mol. The van der Waals surface area contributed by atoms with Crippen LogP contribution >= 0.6 is 0 Å². The van der Waals surface area contributed by atoms with Gasteiger partial charge < -0.3 is 25.3 Å². The number of benzene rings is 1. The van der Waals surface area contributed by atoms with Gasteiger partial charge in [-0.1, -0.05) is 12.1 Å². The number of carbonyl (C=O) groups excluding carboxylic acids is 1. The summed E-state index contributed by atoms with van der Waals surface area (Å²) < 4.78 is 16.5. The summed E-state index contributed by atoms with van der Waals surface area (Å²) in [6, 6.07) is 8.13. The van der Waals surface area contributed by atoms with E-state index >= 15 is 0 Å². The van der Waals surface area contributed by atoms with Gasteiger partial charge in [0, 0.05) is 31.7 Å². The molecule has 2 aliphatic rings. The molecule has 2 fully saturated rings. The lowest BCUT2D eigenvalue weighted by molar-refractivity contribution is -0.132. The van der Waals surface area contributed by atoms with Crippen molar-refractivity contribution in [3.05, 3.63) is 29.8 Å². The molecule has 2 heterocycles. The van der Waals surface area contributed by atoms with Gasteiger partial charge in [-0.3, -0.25) is 4.79 Å². The molecule has 1 amide bonds. The Labute approximate surface area is 149 Å². The number of ether oxygens (including phenoxy) is 3. The Morgan fingerprint density at radius 3 is 2.60 bits per heavy atom. The Kier molecular flexibility index (Phi) is 5.93. The molecule has 6 nitrogen and oxygen atoms in total. The monoisotopic (exact) mass is 348 g/mol. The van der Waals surface area contributed by atoms with Crippen molar-refractivity contribution in [3.63, 3.8) is 0 Å². The van der Waals surface area contributed by atoms with Crippen molar-refractivity contribution in [2.75, 3.05) is 33.4 Å². The quantitative estimate of drug-likeness (QED) is 0.811. The zero-order valence-corrected chi connectivity index (χ0v) is 14.8. The minimum Gasteiger partial charge on any atom is -0.497 e. The van der Waals surface area contributed by atoms with Gasteiger partial charge in [0.25, 0.3) is 0 Å². The maximum Gasteiger partial charge on any atom is 0.249 e. The molecule has 3 rings (SSSR count). The highest BCUT2D eigenvalue weighted by Gasteiger charge is 2.36. The van der Waals surface area contributed by atoms with Crippen LogP contribution < -0.4 is 15.8 Å². The van der Waals surface area contributed by atoms with Crippen molar-refractivity contribution in [2.45, 2.75) is 43.3 Å². The van der Waals surface area contributed by atoms with Gasteiger partial charge in [-0.25, -0.2) is 0 Å². The molecule has 2 aliphatic heterocycles. The first-order valence-corrected chi connectivity index (χ1v) is 9.02. The molecule has 2 saturated heterocycles. The number of rotatable bonds is 6. The zero-order chi connectivity index (χ0) is 17.7. The minimum atomic E-state index is -0.374. The summed E-state index contributed by atoms with van der Waals surface area (Å²) in [5.41, 5.74) is 6.73. The van der Waals surface area contributed by atoms with Crippen LogP contribution in [-0.4, -0.2) is 51.5 Å². The predicted octanol–water partition coefficient (Wildman–Crippen LogP) is 1.37. The van der Waals surface area contributed by atoms with E-state index in [1.54, 1.807) is 7.11 Å². The second-order valence-electron chi connectivity index (χ2n) is 6.90. The number of carbonyl (C=O) groups is 1. The minimum absolute atomic E-state index is 0.00868. The average molecular weight is 348 g/mol. The third kappa shape index (κ3) is 4.14. The number of hydrogen-bond donors (Lipinski definition) is 2. The lowest BCUT2D eigenvalue weighted by Crippen LogP contribution is -2.47. The van der Waals surface area contributed by atoms with E-state index in [1.807, 2.05) is 12.1 Å². The Hall–Kier alpha value is -1.63. The highest BCUT2D eigenvalue weighted by atomic mass is 16.5. The maximum atomic E-state index is 12.5. The van der Waals surface area contributed by atoms with E-state index in [4.69, 9.17) is 19.9 Å². The molecule has 138 valence electrons. The number of amides is 1. The second-order valence-corrected chi connectivity index (χ2v) is 6.90. The van der Waals surface area contributed by atoms with Gasteiger partial charge in [0.05, 0.1) is 13.2 Å². The van der Waals surface area contributed by atoms with Gasteiger partial charge in [0.15, 0.2) is 0 Å². The molecule has 25 heavy (non-hydrogen) atoms. The average Bonchev–Trinajstić information content (AvgIpc) is 3.16. The Morgan fingerprint density at radius 1 is 1.28 bits per heavy atom. The largest absolute Gasteiger partial charge is 0.497 e. The highest BCUT2D eigenvalue weighted by Crippen LogP contribution is 2.35. The van der Waals surface area contributed by atoms with E-state index < -0.39 is 0 Å². The van der Waals surface area contributed by atoms with Crippen molar-refractivity contribution < 1.29 is 19.0 Å². The van der Waals surface area contributed by atoms with E-state index in [0.717, 1.165) is 31.4 Å². The first-order chi connectivity index (χ1) is 12.2. The molecule has 0 aliphatic carbocycles. The molecular weight excluding hydrogens is 320 g/mol. The van der Waals surface area contributed by atoms with Gasteiger partial charge in [0.1, 0.15) is 11.9 Å². The van der Waals surface area contributed by atoms with E-state index in [-0.39, 0.29) is 23.5 Å². The first-order valence-electron chi connectivity index (χ1n) is 9.02. The molecule has 0 unspecified atom stereocenters. The number of nitrogens with two attached hydrogens (primary N) is 1. The number of hydrogen-bond acceptors (Lipinski definition) is 5. The standard InChI is InChI=1S/C19H28N2O4/c1-23-15-4-2-14(3-5-15)19(8-10-24-11-9-19)13-21-18(22)17-7-6-16(12-20)25-17/h2-5,16-17H,6-13,20H2,1H3,(H,21,22)/t16-,17+/m1/s1. The lowest BCUT2D eigenvalue weighted by atomic mass is 9.74. The third-order valence-electron chi connectivity index (χ3n) is 5.42. The topological polar surface area (TPSA) is 82.8 Å². The molecular formula is C19H28N2O4. The Morgan fingerprint density at radius 2 is 2.00 bits per heavy atom. The molecule has 6 heteroatoms. The van der Waals surface area contributed by atoms with Crippen LogP contribution in [0.5, 0.6) is 5.75 Å². The summed E-state index contributed by atoms with van der Waals surface area (Å²) in [5.74, 6) is 0.803. The highest BCUT2D eigenvalue weighted by molar-refractivity contribution is 5.81. The molecule has 1 aromatic rings. The molecule has 0 radical (unpaired) electrons. The third-order valence-corrected chi connectivity index (χ3v) is 5.42. The van der Waals surface area contributed by atoms with Crippen LogP contribution in [0.4, 0.5) is 0 Å². The number of methoxy groups -OCH3 is 1. The van der Waals surface area contributed by atoms with Crippen LogP contribution in [0.25, 0.3) is 0 Å². The number of nitrogens with one attached hydrogen (secondary N) is 1. The van der Waals surface area contributed by atoms with Gasteiger partial charge in [-0.2, -0.15) is 0 Å². The van der Waals surface area contributed by atoms with E-state index in [1.165, 1.54) is 5.56 Å². The van der Waals surface area contributed by atoms with Crippen LogP contribution in [0.2, 0.25) is 0 Å². The van der Waals surface area contributed by atoms with Gasteiger partial charge in [-0.05, 0) is 43.4 Å². The van der Waals surface area contributed by atoms with Crippen LogP contribution in [0.3, 0.4) is 0 Å². The summed E-state index contributed by atoms with van der Waals surface area (Å²) in [6.45, 7) is 2.47. The first kappa shape index (κ1) is 18.2. The van der Waals surface area contributed by atoms with Crippen molar-refractivity contribution in [3.8, 4) is 5.75 Å². The van der Waals surface area contributed by atoms with Gasteiger partial charge in [-0.15, -0.1) is 0 Å². The molecule has 0 aromatic heterocycles. The smallest absolute Gasteiger partial charge is 0.249 e. The van der Waals surface area contributed by atoms with Crippen molar-refractivity contribution in [2.24, 2.45) is 5.73 Å². The zero-order valence-electron chi connectivity index (χ0n) is 14.8. The molecule has 0 spiro atoms. The van der Waals surface area contributed by atoms with Crippen molar-refractivity contribution >= 4 is 5.91 Å². The fourth-order valence-corrected chi connectivity index (χ4v) is 3.72. The summed E-state index contributed by atoms with van der Waals surface area (Å²) in [4.78, 5) is 12.5. The molecule has 1 aromatic carbocycles. The van der Waals surface area contributed by atoms with Crippen LogP contribution in [0.1, 0.15) is 31.2 Å². The van der Waals surface area contributed by atoms with Gasteiger partial charge >= 0.3 is 0 Å². The van der Waals surface area contributed by atoms with E-state index in [2.05, 4.69) is 17.4 Å². The molecule has 0 saturated carbocycles. The Balaban J connectivity index is 1.67. The van der Waals surface area contributed by atoms with Crippen molar-refractivity contribution in [1.82, 2.24) is 5.32 Å². The van der Waals surface area contributed by atoms with Crippen LogP contribution in [0.15, 0.2) is 24.3 Å². The normalized spacial score (nSPS) is 25.5. The van der Waals surface area contributed by atoms with Crippen molar-refractivity contribution in [1.29, 1.82) is 0 Å². The SMILES string of the molecule is COc1ccc(C2(CNC(=O)[C@@H]3CC[C@H](CN)O3)CCOCC2)cc1. The van der Waals surface area contributed by atoms with E-state index in [9.17, 15) is 4.79 Å². The molecule has 0 bridgehead atoms. The summed E-state index contributed by atoms with van der Waals surface area (Å²) in [7, 11) is 1.66. The van der Waals surface area contributed by atoms with E-state index in [0.29, 0.717) is 26.3 Å². The van der Waals surface area contributed by atoms with Crippen LogP contribution in [0, 0.1) is 0 Å². The summed E-state index contributed by atoms with van der Waals surface area (Å²) in [6.07, 6.45) is 3.00. The fraction of sp³-hybridized carbons (Fsp3) is 0.632. The molecule has 2 atom stereocenters. The summed E-state index contributed by atoms with van der Waals surface area (Å²) >= 11 is 0. The molecule has 3 N–H and O–H groups in total. The fourth-order valence-electron chi connectivity index (χ4n) is 3.72. The second kappa shape index (κ2) is 8.17. The lowest BCUT2D eigenvalue weighted by Gasteiger charge is -2.38. The summed E-state index contributed by atoms with van der Waals surface area (Å²) in [5, 5.41) is 3.12. The Bertz CT molecular complexity index is 569. The van der Waals surface area contributed by atoms with Gasteiger partial charge in [0.2, 0.25) is 5.91 Å². The maximum absolute atomic E-state index is 12.5.